The molecule has 1 unspecified atom stereocenters. The molecule has 1 aromatic rings. The summed E-state index contributed by atoms with van der Waals surface area (Å²) in [6, 6.07) is 10.2. The lowest BCUT2D eigenvalue weighted by atomic mass is 9.93. The molecule has 3 nitrogen and oxygen atoms in total. The van der Waals surface area contributed by atoms with E-state index >= 15 is 0 Å². The van der Waals surface area contributed by atoms with Crippen molar-refractivity contribution in [3.63, 3.8) is 0 Å². The van der Waals surface area contributed by atoms with Crippen molar-refractivity contribution in [2.75, 3.05) is 6.54 Å². The molecule has 0 saturated carbocycles. The molecular formula is C16H26N2OS. The largest absolute Gasteiger partial charge is 0.348 e. The van der Waals surface area contributed by atoms with Crippen molar-refractivity contribution in [1.29, 1.82) is 0 Å². The fourth-order valence-electron chi connectivity index (χ4n) is 2.00. The molecule has 0 aromatic heterocycles. The van der Waals surface area contributed by atoms with E-state index in [-0.39, 0.29) is 16.7 Å². The van der Waals surface area contributed by atoms with Gasteiger partial charge in [0.15, 0.2) is 0 Å². The Balaban J connectivity index is 2.50. The van der Waals surface area contributed by atoms with Crippen LogP contribution in [0.3, 0.4) is 0 Å². The minimum atomic E-state index is -0.251. The molecule has 1 aromatic carbocycles. The van der Waals surface area contributed by atoms with Crippen LogP contribution < -0.4 is 11.1 Å². The van der Waals surface area contributed by atoms with Gasteiger partial charge in [-0.05, 0) is 25.3 Å². The molecule has 1 amide bonds. The summed E-state index contributed by atoms with van der Waals surface area (Å²) in [5, 5.41) is 3.06. The maximum atomic E-state index is 12.3. The van der Waals surface area contributed by atoms with E-state index < -0.39 is 0 Å². The third-order valence-electron chi connectivity index (χ3n) is 3.84. The zero-order chi connectivity index (χ0) is 15.0. The molecule has 0 fully saturated rings. The number of benzene rings is 1. The number of nitrogens with two attached hydrogens (primary N) is 1. The van der Waals surface area contributed by atoms with E-state index in [9.17, 15) is 4.79 Å². The highest BCUT2D eigenvalue weighted by Crippen LogP contribution is 2.20. The van der Waals surface area contributed by atoms with Crippen molar-refractivity contribution in [2.45, 2.75) is 50.2 Å². The van der Waals surface area contributed by atoms with E-state index in [1.54, 1.807) is 11.8 Å². The van der Waals surface area contributed by atoms with Crippen LogP contribution in [0, 0.1) is 0 Å². The fraction of sp³-hybridized carbons (Fsp3) is 0.562. The molecule has 0 radical (unpaired) electrons. The van der Waals surface area contributed by atoms with Gasteiger partial charge in [0, 0.05) is 12.3 Å². The number of thioether (sulfide) groups is 1. The predicted octanol–water partition coefficient (Wildman–Crippen LogP) is 2.94. The fourth-order valence-corrected chi connectivity index (χ4v) is 2.85. The van der Waals surface area contributed by atoms with Gasteiger partial charge < -0.3 is 11.1 Å². The average Bonchev–Trinajstić information content (AvgIpc) is 2.51. The van der Waals surface area contributed by atoms with Crippen LogP contribution in [-0.2, 0) is 10.5 Å². The Bertz CT molecular complexity index is 396. The Labute approximate surface area is 126 Å². The summed E-state index contributed by atoms with van der Waals surface area (Å²) in [4.78, 5) is 12.3. The average molecular weight is 294 g/mol. The van der Waals surface area contributed by atoms with Crippen molar-refractivity contribution in [1.82, 2.24) is 5.32 Å². The second-order valence-corrected chi connectivity index (χ2v) is 6.45. The summed E-state index contributed by atoms with van der Waals surface area (Å²) >= 11 is 1.66. The molecular weight excluding hydrogens is 268 g/mol. The van der Waals surface area contributed by atoms with Crippen molar-refractivity contribution in [3.8, 4) is 0 Å². The second-order valence-electron chi connectivity index (χ2n) is 5.12. The van der Waals surface area contributed by atoms with Crippen LogP contribution in [-0.4, -0.2) is 23.2 Å². The van der Waals surface area contributed by atoms with Crippen molar-refractivity contribution in [2.24, 2.45) is 5.73 Å². The van der Waals surface area contributed by atoms with Crippen LogP contribution in [0.2, 0.25) is 0 Å². The van der Waals surface area contributed by atoms with Crippen LogP contribution in [0.1, 0.15) is 39.2 Å². The number of carbonyl (C=O) groups excluding carboxylic acids is 1. The normalized spacial score (nSPS) is 13.0. The van der Waals surface area contributed by atoms with E-state index in [1.165, 1.54) is 5.56 Å². The number of hydrogen-bond acceptors (Lipinski definition) is 3. The highest BCUT2D eigenvalue weighted by Gasteiger charge is 2.28. The van der Waals surface area contributed by atoms with E-state index in [0.29, 0.717) is 6.54 Å². The summed E-state index contributed by atoms with van der Waals surface area (Å²) in [5.74, 6) is 0.934. The molecule has 0 aliphatic carbocycles. The van der Waals surface area contributed by atoms with Crippen LogP contribution >= 0.6 is 11.8 Å². The third-order valence-corrected chi connectivity index (χ3v) is 5.06. The Morgan fingerprint density at radius 2 is 1.90 bits per heavy atom. The van der Waals surface area contributed by atoms with E-state index in [4.69, 9.17) is 5.73 Å². The van der Waals surface area contributed by atoms with Crippen molar-refractivity contribution in [3.05, 3.63) is 35.9 Å². The van der Waals surface area contributed by atoms with Gasteiger partial charge in [-0.2, -0.15) is 0 Å². The summed E-state index contributed by atoms with van der Waals surface area (Å²) in [6.45, 7) is 6.58. The first-order valence-electron chi connectivity index (χ1n) is 7.24. The lowest BCUT2D eigenvalue weighted by Gasteiger charge is -2.32. The number of nitrogens with one attached hydrogen (secondary N) is 1. The zero-order valence-corrected chi connectivity index (χ0v) is 13.5. The van der Waals surface area contributed by atoms with Crippen LogP contribution in [0.15, 0.2) is 30.3 Å². The first kappa shape index (κ1) is 17.1. The Kier molecular flexibility index (Phi) is 7.10. The first-order chi connectivity index (χ1) is 9.56. The summed E-state index contributed by atoms with van der Waals surface area (Å²) in [6.07, 6.45) is 1.73. The monoisotopic (exact) mass is 294 g/mol. The highest BCUT2D eigenvalue weighted by atomic mass is 32.2. The Hall–Kier alpha value is -1.00. The van der Waals surface area contributed by atoms with Gasteiger partial charge in [-0.15, -0.1) is 11.8 Å². The van der Waals surface area contributed by atoms with Gasteiger partial charge in [-0.1, -0.05) is 44.2 Å². The van der Waals surface area contributed by atoms with Gasteiger partial charge in [0.2, 0.25) is 5.91 Å². The van der Waals surface area contributed by atoms with Gasteiger partial charge >= 0.3 is 0 Å². The van der Waals surface area contributed by atoms with Crippen LogP contribution in [0.4, 0.5) is 0 Å². The Morgan fingerprint density at radius 3 is 2.40 bits per heavy atom. The maximum Gasteiger partial charge on any atom is 0.233 e. The van der Waals surface area contributed by atoms with Gasteiger partial charge in [-0.25, -0.2) is 0 Å². The number of rotatable bonds is 8. The van der Waals surface area contributed by atoms with Gasteiger partial charge in [0.05, 0.1) is 10.8 Å². The summed E-state index contributed by atoms with van der Waals surface area (Å²) in [5.41, 5.74) is 6.81. The molecule has 112 valence electrons. The lowest BCUT2D eigenvalue weighted by molar-refractivity contribution is -0.122. The quantitative estimate of drug-likeness (QED) is 0.775. The molecule has 20 heavy (non-hydrogen) atoms. The maximum absolute atomic E-state index is 12.3. The first-order valence-corrected chi connectivity index (χ1v) is 8.29. The van der Waals surface area contributed by atoms with Gasteiger partial charge in [0.1, 0.15) is 0 Å². The molecule has 3 N–H and O–H groups in total. The SMILES string of the molecule is CCC(CC)(CN)NC(=O)C(C)SCc1ccccc1. The molecule has 0 aliphatic heterocycles. The number of amides is 1. The van der Waals surface area contributed by atoms with E-state index in [1.807, 2.05) is 25.1 Å². The van der Waals surface area contributed by atoms with Crippen LogP contribution in [0.5, 0.6) is 0 Å². The molecule has 0 aliphatic rings. The minimum absolute atomic E-state index is 0.0702. The summed E-state index contributed by atoms with van der Waals surface area (Å²) in [7, 11) is 0. The molecule has 4 heteroatoms. The minimum Gasteiger partial charge on any atom is -0.348 e. The number of carbonyl (C=O) groups is 1. The topological polar surface area (TPSA) is 55.1 Å². The predicted molar refractivity (Wildman–Crippen MR) is 87.7 cm³/mol. The van der Waals surface area contributed by atoms with Gasteiger partial charge in [0.25, 0.3) is 0 Å². The molecule has 0 bridgehead atoms. The number of hydrogen-bond donors (Lipinski definition) is 2. The lowest BCUT2D eigenvalue weighted by Crippen LogP contribution is -2.54. The third kappa shape index (κ3) is 4.84. The molecule has 1 atom stereocenters. The van der Waals surface area contributed by atoms with Gasteiger partial charge in [-0.3, -0.25) is 4.79 Å². The van der Waals surface area contributed by atoms with E-state index in [0.717, 1.165) is 18.6 Å². The molecule has 0 spiro atoms. The summed E-state index contributed by atoms with van der Waals surface area (Å²) < 4.78 is 0. The molecule has 0 heterocycles. The zero-order valence-electron chi connectivity index (χ0n) is 12.7. The van der Waals surface area contributed by atoms with Crippen molar-refractivity contribution < 1.29 is 4.79 Å². The highest BCUT2D eigenvalue weighted by molar-refractivity contribution is 7.99. The molecule has 0 saturated heterocycles. The standard InChI is InChI=1S/C16H26N2OS/c1-4-16(5-2,12-17)18-15(19)13(3)20-11-14-9-7-6-8-10-14/h6-10,13H,4-5,11-12,17H2,1-3H3,(H,18,19). The second kappa shape index (κ2) is 8.32. The smallest absolute Gasteiger partial charge is 0.233 e. The van der Waals surface area contributed by atoms with Crippen LogP contribution in [0.25, 0.3) is 0 Å². The Morgan fingerprint density at radius 1 is 1.30 bits per heavy atom. The van der Waals surface area contributed by atoms with E-state index in [2.05, 4.69) is 31.3 Å². The van der Waals surface area contributed by atoms with Crippen molar-refractivity contribution >= 4 is 17.7 Å². The molecule has 1 rings (SSSR count).